The predicted molar refractivity (Wildman–Crippen MR) is 111 cm³/mol. The number of aryl methyl sites for hydroxylation is 1. The summed E-state index contributed by atoms with van der Waals surface area (Å²) in [7, 11) is 0. The molecule has 0 bridgehead atoms. The van der Waals surface area contributed by atoms with Crippen LogP contribution in [-0.2, 0) is 17.6 Å². The van der Waals surface area contributed by atoms with Crippen molar-refractivity contribution in [3.05, 3.63) is 40.9 Å². The van der Waals surface area contributed by atoms with E-state index in [0.29, 0.717) is 18.3 Å². The van der Waals surface area contributed by atoms with Crippen molar-refractivity contribution in [3.63, 3.8) is 0 Å². The molecule has 0 spiro atoms. The van der Waals surface area contributed by atoms with E-state index in [1.807, 2.05) is 10.3 Å². The second-order valence-corrected chi connectivity index (χ2v) is 8.44. The molecule has 142 valence electrons. The van der Waals surface area contributed by atoms with Crippen molar-refractivity contribution in [2.45, 2.75) is 47.5 Å². The van der Waals surface area contributed by atoms with Crippen molar-refractivity contribution in [1.82, 2.24) is 9.88 Å². The Morgan fingerprint density at radius 2 is 1.73 bits per heavy atom. The summed E-state index contributed by atoms with van der Waals surface area (Å²) in [5, 5.41) is 6.13. The number of nitrogens with one attached hydrogen (secondary N) is 1. The van der Waals surface area contributed by atoms with Crippen LogP contribution in [0.4, 0.5) is 10.8 Å². The van der Waals surface area contributed by atoms with E-state index < -0.39 is 0 Å². The fourth-order valence-electron chi connectivity index (χ4n) is 2.82. The lowest BCUT2D eigenvalue weighted by Gasteiger charge is -2.26. The Balaban J connectivity index is 1.97. The Bertz CT molecular complexity index is 682. The fraction of sp³-hybridized carbons (Fsp3) is 0.524. The second kappa shape index (κ2) is 9.72. The van der Waals surface area contributed by atoms with Crippen molar-refractivity contribution >= 4 is 28.1 Å². The van der Waals surface area contributed by atoms with Crippen molar-refractivity contribution < 1.29 is 4.79 Å². The summed E-state index contributed by atoms with van der Waals surface area (Å²) in [5.74, 6) is 1.10. The summed E-state index contributed by atoms with van der Waals surface area (Å²) in [6, 6.07) is 8.38. The molecule has 1 heterocycles. The molecule has 4 nitrogen and oxygen atoms in total. The number of carbonyl (C=O) groups is 1. The third-order valence-electron chi connectivity index (χ3n) is 4.02. The first-order chi connectivity index (χ1) is 12.4. The van der Waals surface area contributed by atoms with Crippen LogP contribution in [0.2, 0.25) is 0 Å². The van der Waals surface area contributed by atoms with E-state index in [2.05, 4.69) is 69.2 Å². The van der Waals surface area contributed by atoms with Crippen LogP contribution in [0.15, 0.2) is 29.6 Å². The van der Waals surface area contributed by atoms with Crippen molar-refractivity contribution in [2.24, 2.45) is 11.8 Å². The summed E-state index contributed by atoms with van der Waals surface area (Å²) in [4.78, 5) is 19.3. The average molecular weight is 374 g/mol. The third kappa shape index (κ3) is 6.45. The zero-order valence-corrected chi connectivity index (χ0v) is 17.4. The molecular weight excluding hydrogens is 342 g/mol. The SMILES string of the molecule is CCc1ccc(Nc2nc(CC(=O)N(CC(C)C)CC(C)C)cs2)cc1. The number of benzene rings is 1. The zero-order valence-electron chi connectivity index (χ0n) is 16.6. The molecule has 0 aliphatic carbocycles. The van der Waals surface area contributed by atoms with Gasteiger partial charge >= 0.3 is 0 Å². The molecule has 1 N–H and O–H groups in total. The first-order valence-electron chi connectivity index (χ1n) is 9.45. The maximum absolute atomic E-state index is 12.7. The van der Waals surface area contributed by atoms with Gasteiger partial charge in [-0.15, -0.1) is 11.3 Å². The van der Waals surface area contributed by atoms with E-state index in [4.69, 9.17) is 0 Å². The summed E-state index contributed by atoms with van der Waals surface area (Å²) in [6.07, 6.45) is 1.40. The highest BCUT2D eigenvalue weighted by molar-refractivity contribution is 7.13. The summed E-state index contributed by atoms with van der Waals surface area (Å²) >= 11 is 1.54. The van der Waals surface area contributed by atoms with Gasteiger partial charge in [0.25, 0.3) is 0 Å². The molecule has 5 heteroatoms. The predicted octanol–water partition coefficient (Wildman–Crippen LogP) is 5.13. The number of anilines is 2. The van der Waals surface area contributed by atoms with Gasteiger partial charge in [-0.05, 0) is 36.0 Å². The Morgan fingerprint density at radius 1 is 1.12 bits per heavy atom. The lowest BCUT2D eigenvalue weighted by Crippen LogP contribution is -2.38. The maximum atomic E-state index is 12.7. The molecule has 1 aromatic carbocycles. The molecule has 0 saturated carbocycles. The van der Waals surface area contributed by atoms with Crippen LogP contribution >= 0.6 is 11.3 Å². The highest BCUT2D eigenvalue weighted by Crippen LogP contribution is 2.22. The summed E-state index contributed by atoms with van der Waals surface area (Å²) < 4.78 is 0. The number of hydrogen-bond donors (Lipinski definition) is 1. The number of thiazole rings is 1. The molecule has 1 aromatic heterocycles. The normalized spacial score (nSPS) is 11.2. The Hall–Kier alpha value is -1.88. The van der Waals surface area contributed by atoms with E-state index in [0.717, 1.165) is 36.0 Å². The number of aromatic nitrogens is 1. The van der Waals surface area contributed by atoms with Gasteiger partial charge in [0, 0.05) is 24.2 Å². The van der Waals surface area contributed by atoms with Gasteiger partial charge in [-0.3, -0.25) is 4.79 Å². The topological polar surface area (TPSA) is 45.2 Å². The monoisotopic (exact) mass is 373 g/mol. The molecule has 0 aliphatic rings. The molecule has 1 amide bonds. The van der Waals surface area contributed by atoms with Gasteiger partial charge in [0.2, 0.25) is 5.91 Å². The van der Waals surface area contributed by atoms with Crippen LogP contribution in [0.5, 0.6) is 0 Å². The van der Waals surface area contributed by atoms with Gasteiger partial charge in [0.15, 0.2) is 5.13 Å². The second-order valence-electron chi connectivity index (χ2n) is 7.58. The van der Waals surface area contributed by atoms with Gasteiger partial charge in [-0.1, -0.05) is 46.8 Å². The standard InChI is InChI=1S/C21H31N3OS/c1-6-17-7-9-18(10-8-17)22-21-23-19(14-26-21)11-20(25)24(12-15(2)3)13-16(4)5/h7-10,14-16H,6,11-13H2,1-5H3,(H,22,23). The smallest absolute Gasteiger partial charge is 0.228 e. The highest BCUT2D eigenvalue weighted by atomic mass is 32.1. The molecule has 0 aliphatic heterocycles. The average Bonchev–Trinajstić information content (AvgIpc) is 3.01. The summed E-state index contributed by atoms with van der Waals surface area (Å²) in [5.41, 5.74) is 3.18. The first-order valence-corrected chi connectivity index (χ1v) is 10.3. The quantitative estimate of drug-likeness (QED) is 0.662. The third-order valence-corrected chi connectivity index (χ3v) is 4.83. The largest absolute Gasteiger partial charge is 0.342 e. The first kappa shape index (κ1) is 20.4. The van der Waals surface area contributed by atoms with Gasteiger partial charge in [0.05, 0.1) is 12.1 Å². The van der Waals surface area contributed by atoms with E-state index >= 15 is 0 Å². The minimum absolute atomic E-state index is 0.163. The lowest BCUT2D eigenvalue weighted by atomic mass is 10.1. The molecule has 2 rings (SSSR count). The van der Waals surface area contributed by atoms with Crippen LogP contribution < -0.4 is 5.32 Å². The number of carbonyl (C=O) groups excluding carboxylic acids is 1. The highest BCUT2D eigenvalue weighted by Gasteiger charge is 2.18. The van der Waals surface area contributed by atoms with E-state index in [1.54, 1.807) is 11.3 Å². The Labute approximate surface area is 161 Å². The van der Waals surface area contributed by atoms with Crippen molar-refractivity contribution in [1.29, 1.82) is 0 Å². The number of hydrogen-bond acceptors (Lipinski definition) is 4. The Morgan fingerprint density at radius 3 is 2.27 bits per heavy atom. The number of nitrogens with zero attached hydrogens (tertiary/aromatic N) is 2. The minimum atomic E-state index is 0.163. The Kier molecular flexibility index (Phi) is 7.64. The molecule has 2 aromatic rings. The van der Waals surface area contributed by atoms with Gasteiger partial charge in [0.1, 0.15) is 0 Å². The zero-order chi connectivity index (χ0) is 19.1. The molecule has 0 unspecified atom stereocenters. The van der Waals surface area contributed by atoms with Crippen molar-refractivity contribution in [2.75, 3.05) is 18.4 Å². The van der Waals surface area contributed by atoms with Crippen LogP contribution in [-0.4, -0.2) is 28.9 Å². The molecule has 26 heavy (non-hydrogen) atoms. The number of rotatable bonds is 9. The van der Waals surface area contributed by atoms with Crippen LogP contribution in [0.25, 0.3) is 0 Å². The molecule has 0 fully saturated rings. The van der Waals surface area contributed by atoms with Gasteiger partial charge in [-0.25, -0.2) is 4.98 Å². The van der Waals surface area contributed by atoms with Crippen LogP contribution in [0.3, 0.4) is 0 Å². The molecule has 0 radical (unpaired) electrons. The number of amides is 1. The summed E-state index contributed by atoms with van der Waals surface area (Å²) in [6.45, 7) is 12.3. The minimum Gasteiger partial charge on any atom is -0.342 e. The fourth-order valence-corrected chi connectivity index (χ4v) is 3.55. The van der Waals surface area contributed by atoms with Gasteiger partial charge < -0.3 is 10.2 Å². The van der Waals surface area contributed by atoms with Crippen LogP contribution in [0.1, 0.15) is 45.9 Å². The molecular formula is C21H31N3OS. The van der Waals surface area contributed by atoms with E-state index in [9.17, 15) is 4.79 Å². The van der Waals surface area contributed by atoms with Gasteiger partial charge in [-0.2, -0.15) is 0 Å². The van der Waals surface area contributed by atoms with E-state index in [-0.39, 0.29) is 5.91 Å². The maximum Gasteiger partial charge on any atom is 0.228 e. The van der Waals surface area contributed by atoms with Crippen LogP contribution in [0, 0.1) is 11.8 Å². The molecule has 0 saturated heterocycles. The van der Waals surface area contributed by atoms with Crippen molar-refractivity contribution in [3.8, 4) is 0 Å². The lowest BCUT2D eigenvalue weighted by molar-refractivity contribution is -0.131. The van der Waals surface area contributed by atoms with E-state index in [1.165, 1.54) is 5.56 Å². The molecule has 0 atom stereocenters.